The lowest BCUT2D eigenvalue weighted by Crippen LogP contribution is -2.55. The number of rotatable bonds is 3. The van der Waals surface area contributed by atoms with E-state index in [1.165, 1.54) is 0 Å². The maximum Gasteiger partial charge on any atom is 0.0622 e. The summed E-state index contributed by atoms with van der Waals surface area (Å²) in [6.45, 7) is 3.08. The van der Waals surface area contributed by atoms with Crippen LogP contribution < -0.4 is 5.73 Å². The molecule has 1 rings (SSSR count). The molecule has 0 radical (unpaired) electrons. The summed E-state index contributed by atoms with van der Waals surface area (Å²) >= 11 is 0. The number of unbranched alkanes of at least 4 members (excludes halogenated alkanes) is 1. The summed E-state index contributed by atoms with van der Waals surface area (Å²) in [7, 11) is 0. The van der Waals surface area contributed by atoms with Crippen LogP contribution in [0, 0.1) is 11.3 Å². The van der Waals surface area contributed by atoms with E-state index in [4.69, 9.17) is 11.0 Å². The van der Waals surface area contributed by atoms with E-state index in [0.29, 0.717) is 12.5 Å². The molecule has 0 spiro atoms. The number of nitriles is 1. The smallest absolute Gasteiger partial charge is 0.0622 e. The SMILES string of the molecule is N#CCCCN1CC(N)C1. The van der Waals surface area contributed by atoms with Gasteiger partial charge in [-0.3, -0.25) is 0 Å². The first kappa shape index (κ1) is 7.52. The number of likely N-dealkylation sites (tertiary alicyclic amines) is 1. The summed E-state index contributed by atoms with van der Waals surface area (Å²) in [5.41, 5.74) is 5.57. The molecule has 1 aliphatic rings. The number of hydrogen-bond acceptors (Lipinski definition) is 3. The number of hydrogen-bond donors (Lipinski definition) is 1. The molecule has 0 amide bonds. The number of nitrogens with zero attached hydrogens (tertiary/aromatic N) is 2. The largest absolute Gasteiger partial charge is 0.325 e. The van der Waals surface area contributed by atoms with Crippen molar-refractivity contribution in [2.75, 3.05) is 19.6 Å². The fourth-order valence-corrected chi connectivity index (χ4v) is 1.17. The molecule has 0 aromatic heterocycles. The van der Waals surface area contributed by atoms with E-state index in [0.717, 1.165) is 26.1 Å². The van der Waals surface area contributed by atoms with Crippen LogP contribution in [0.25, 0.3) is 0 Å². The van der Waals surface area contributed by atoms with E-state index in [2.05, 4.69) is 11.0 Å². The van der Waals surface area contributed by atoms with Gasteiger partial charge in [-0.2, -0.15) is 5.26 Å². The minimum Gasteiger partial charge on any atom is -0.325 e. The van der Waals surface area contributed by atoms with Crippen LogP contribution >= 0.6 is 0 Å². The van der Waals surface area contributed by atoms with Crippen LogP contribution in [0.3, 0.4) is 0 Å². The Morgan fingerprint density at radius 2 is 2.30 bits per heavy atom. The molecule has 3 nitrogen and oxygen atoms in total. The molecule has 0 bridgehead atoms. The Hall–Kier alpha value is -0.590. The summed E-state index contributed by atoms with van der Waals surface area (Å²) in [4.78, 5) is 2.28. The summed E-state index contributed by atoms with van der Waals surface area (Å²) in [6, 6.07) is 2.52. The van der Waals surface area contributed by atoms with Gasteiger partial charge >= 0.3 is 0 Å². The Balaban J connectivity index is 1.91. The monoisotopic (exact) mass is 139 g/mol. The molecule has 1 saturated heterocycles. The van der Waals surface area contributed by atoms with Gasteiger partial charge in [0.25, 0.3) is 0 Å². The van der Waals surface area contributed by atoms with Crippen molar-refractivity contribution in [1.29, 1.82) is 5.26 Å². The van der Waals surface area contributed by atoms with Crippen molar-refractivity contribution in [2.24, 2.45) is 5.73 Å². The van der Waals surface area contributed by atoms with Gasteiger partial charge in [-0.15, -0.1) is 0 Å². The second-order valence-electron chi connectivity index (χ2n) is 2.78. The Bertz CT molecular complexity index is 132. The Labute approximate surface area is 61.4 Å². The van der Waals surface area contributed by atoms with Crippen LogP contribution in [0.1, 0.15) is 12.8 Å². The van der Waals surface area contributed by atoms with E-state index >= 15 is 0 Å². The van der Waals surface area contributed by atoms with E-state index in [1.54, 1.807) is 0 Å². The van der Waals surface area contributed by atoms with E-state index in [-0.39, 0.29) is 0 Å². The lowest BCUT2D eigenvalue weighted by molar-refractivity contribution is 0.150. The molecule has 10 heavy (non-hydrogen) atoms. The van der Waals surface area contributed by atoms with Crippen molar-refractivity contribution in [1.82, 2.24) is 4.90 Å². The first-order chi connectivity index (χ1) is 4.83. The third-order valence-corrected chi connectivity index (χ3v) is 1.75. The van der Waals surface area contributed by atoms with E-state index in [1.807, 2.05) is 0 Å². The quantitative estimate of drug-likeness (QED) is 0.557. The first-order valence-electron chi connectivity index (χ1n) is 3.68. The van der Waals surface area contributed by atoms with Crippen molar-refractivity contribution >= 4 is 0 Å². The van der Waals surface area contributed by atoms with Crippen molar-refractivity contribution < 1.29 is 0 Å². The molecule has 1 aliphatic heterocycles. The highest BCUT2D eigenvalue weighted by molar-refractivity contribution is 4.83. The van der Waals surface area contributed by atoms with Gasteiger partial charge < -0.3 is 10.6 Å². The molecular formula is C7H13N3. The van der Waals surface area contributed by atoms with Crippen LogP contribution in [0.2, 0.25) is 0 Å². The molecule has 0 atom stereocenters. The third kappa shape index (κ3) is 1.98. The predicted molar refractivity (Wildman–Crippen MR) is 39.3 cm³/mol. The zero-order valence-corrected chi connectivity index (χ0v) is 6.08. The van der Waals surface area contributed by atoms with Gasteiger partial charge in [0.2, 0.25) is 0 Å². The molecule has 0 aromatic rings. The molecule has 0 aromatic carbocycles. The Morgan fingerprint density at radius 1 is 1.60 bits per heavy atom. The Morgan fingerprint density at radius 3 is 2.80 bits per heavy atom. The average molecular weight is 139 g/mol. The van der Waals surface area contributed by atoms with E-state index < -0.39 is 0 Å². The zero-order chi connectivity index (χ0) is 7.40. The fourth-order valence-electron chi connectivity index (χ4n) is 1.17. The van der Waals surface area contributed by atoms with Gasteiger partial charge in [-0.1, -0.05) is 0 Å². The van der Waals surface area contributed by atoms with Crippen LogP contribution in [0.15, 0.2) is 0 Å². The normalized spacial score (nSPS) is 20.0. The highest BCUT2D eigenvalue weighted by atomic mass is 15.2. The second-order valence-corrected chi connectivity index (χ2v) is 2.78. The van der Waals surface area contributed by atoms with Crippen LogP contribution in [-0.4, -0.2) is 30.6 Å². The van der Waals surface area contributed by atoms with Gasteiger partial charge in [0, 0.05) is 25.6 Å². The molecular weight excluding hydrogens is 126 g/mol. The zero-order valence-electron chi connectivity index (χ0n) is 6.08. The molecule has 1 heterocycles. The summed E-state index contributed by atoms with van der Waals surface area (Å²) in [5.74, 6) is 0. The second kappa shape index (κ2) is 3.55. The minimum atomic E-state index is 0.391. The van der Waals surface area contributed by atoms with Crippen molar-refractivity contribution in [3.63, 3.8) is 0 Å². The summed E-state index contributed by atoms with van der Waals surface area (Å²) in [6.07, 6.45) is 1.66. The molecule has 0 unspecified atom stereocenters. The topological polar surface area (TPSA) is 53.0 Å². The van der Waals surface area contributed by atoms with Crippen LogP contribution in [0.4, 0.5) is 0 Å². The predicted octanol–water partition coefficient (Wildman–Crippen LogP) is -0.0669. The van der Waals surface area contributed by atoms with Gasteiger partial charge in [-0.05, 0) is 13.0 Å². The van der Waals surface area contributed by atoms with Gasteiger partial charge in [-0.25, -0.2) is 0 Å². The summed E-state index contributed by atoms with van der Waals surface area (Å²) in [5, 5.41) is 8.23. The lowest BCUT2D eigenvalue weighted by Gasteiger charge is -2.36. The Kier molecular flexibility index (Phi) is 2.67. The average Bonchev–Trinajstić information content (AvgIpc) is 1.85. The molecule has 2 N–H and O–H groups in total. The minimum absolute atomic E-state index is 0.391. The third-order valence-electron chi connectivity index (χ3n) is 1.75. The molecule has 0 saturated carbocycles. The molecule has 3 heteroatoms. The maximum atomic E-state index is 8.23. The highest BCUT2D eigenvalue weighted by Crippen LogP contribution is 2.05. The van der Waals surface area contributed by atoms with Crippen molar-refractivity contribution in [3.05, 3.63) is 0 Å². The molecule has 56 valence electrons. The van der Waals surface area contributed by atoms with Gasteiger partial charge in [0.05, 0.1) is 6.07 Å². The van der Waals surface area contributed by atoms with Crippen LogP contribution in [0.5, 0.6) is 0 Å². The summed E-state index contributed by atoms with van der Waals surface area (Å²) < 4.78 is 0. The maximum absolute atomic E-state index is 8.23. The van der Waals surface area contributed by atoms with Gasteiger partial charge in [0.1, 0.15) is 0 Å². The number of nitrogens with two attached hydrogens (primary N) is 1. The fraction of sp³-hybridized carbons (Fsp3) is 0.857. The first-order valence-corrected chi connectivity index (χ1v) is 3.68. The standard InChI is InChI=1S/C7H13N3/c8-3-1-2-4-10-5-7(9)6-10/h7H,1-2,4-6,9H2. The van der Waals surface area contributed by atoms with Crippen molar-refractivity contribution in [3.8, 4) is 6.07 Å². The van der Waals surface area contributed by atoms with Gasteiger partial charge in [0.15, 0.2) is 0 Å². The van der Waals surface area contributed by atoms with Crippen LogP contribution in [-0.2, 0) is 0 Å². The van der Waals surface area contributed by atoms with Crippen molar-refractivity contribution in [2.45, 2.75) is 18.9 Å². The highest BCUT2D eigenvalue weighted by Gasteiger charge is 2.21. The molecule has 1 fully saturated rings. The molecule has 0 aliphatic carbocycles. The lowest BCUT2D eigenvalue weighted by atomic mass is 10.1. The van der Waals surface area contributed by atoms with E-state index in [9.17, 15) is 0 Å².